The van der Waals surface area contributed by atoms with E-state index in [2.05, 4.69) is 4.74 Å². The van der Waals surface area contributed by atoms with Crippen molar-refractivity contribution in [3.63, 3.8) is 0 Å². The molecule has 0 aliphatic carbocycles. The van der Waals surface area contributed by atoms with Gasteiger partial charge in [-0.3, -0.25) is 0 Å². The maximum absolute atomic E-state index is 11.4. The molecule has 0 saturated carbocycles. The van der Waals surface area contributed by atoms with Crippen molar-refractivity contribution in [1.82, 2.24) is 4.90 Å². The van der Waals surface area contributed by atoms with Crippen molar-refractivity contribution < 1.29 is 24.2 Å². The third-order valence-electron chi connectivity index (χ3n) is 3.31. The highest BCUT2D eigenvalue weighted by molar-refractivity contribution is 5.89. The van der Waals surface area contributed by atoms with Crippen molar-refractivity contribution in [3.05, 3.63) is 29.3 Å². The molecule has 6 nitrogen and oxygen atoms in total. The molecule has 6 heteroatoms. The first-order valence-electron chi connectivity index (χ1n) is 6.34. The number of carbonyl (C=O) groups excluding carboxylic acids is 1. The second-order valence-electron chi connectivity index (χ2n) is 4.73. The van der Waals surface area contributed by atoms with E-state index >= 15 is 0 Å². The zero-order valence-corrected chi connectivity index (χ0v) is 11.5. The van der Waals surface area contributed by atoms with E-state index < -0.39 is 12.1 Å². The van der Waals surface area contributed by atoms with Crippen LogP contribution >= 0.6 is 0 Å². The topological polar surface area (TPSA) is 76.1 Å². The van der Waals surface area contributed by atoms with E-state index in [1.165, 1.54) is 12.0 Å². The summed E-state index contributed by atoms with van der Waals surface area (Å²) in [6.45, 7) is 2.69. The van der Waals surface area contributed by atoms with Crippen LogP contribution < -0.4 is 4.74 Å². The van der Waals surface area contributed by atoms with Crippen LogP contribution in [0.1, 0.15) is 22.3 Å². The smallest absolute Gasteiger partial charge is 0.407 e. The molecule has 1 heterocycles. The Kier molecular flexibility index (Phi) is 4.12. The highest BCUT2D eigenvalue weighted by Crippen LogP contribution is 2.23. The minimum absolute atomic E-state index is 0.145. The molecular formula is C14H17NO5. The number of hydrogen-bond acceptors (Lipinski definition) is 4. The average Bonchev–Trinajstić information content (AvgIpc) is 2.89. The summed E-state index contributed by atoms with van der Waals surface area (Å²) >= 11 is 0. The Hall–Kier alpha value is -2.24. The highest BCUT2D eigenvalue weighted by atomic mass is 16.5. The van der Waals surface area contributed by atoms with Crippen LogP contribution in [0.3, 0.4) is 0 Å². The number of carboxylic acid groups (broad SMARTS) is 1. The third kappa shape index (κ3) is 3.01. The number of likely N-dealkylation sites (tertiary alicyclic amines) is 1. The molecule has 1 aliphatic heterocycles. The van der Waals surface area contributed by atoms with Crippen molar-refractivity contribution in [2.24, 2.45) is 0 Å². The lowest BCUT2D eigenvalue weighted by atomic mass is 10.1. The largest absolute Gasteiger partial charge is 0.488 e. The van der Waals surface area contributed by atoms with Crippen LogP contribution in [0.4, 0.5) is 4.79 Å². The predicted octanol–water partition coefficient (Wildman–Crippen LogP) is 1.91. The van der Waals surface area contributed by atoms with Gasteiger partial charge in [-0.1, -0.05) is 0 Å². The number of benzene rings is 1. The lowest BCUT2D eigenvalue weighted by Crippen LogP contribution is -2.29. The quantitative estimate of drug-likeness (QED) is 0.855. The maximum Gasteiger partial charge on any atom is 0.407 e. The number of esters is 1. The first kappa shape index (κ1) is 14.2. The van der Waals surface area contributed by atoms with Gasteiger partial charge in [-0.25, -0.2) is 9.59 Å². The summed E-state index contributed by atoms with van der Waals surface area (Å²) in [7, 11) is 1.33. The molecule has 2 rings (SSSR count). The molecule has 1 fully saturated rings. The minimum Gasteiger partial charge on any atom is -0.488 e. The average molecular weight is 279 g/mol. The molecule has 1 N–H and O–H groups in total. The molecule has 1 aromatic carbocycles. The fourth-order valence-corrected chi connectivity index (χ4v) is 2.20. The maximum atomic E-state index is 11.4. The molecule has 0 bridgehead atoms. The molecule has 20 heavy (non-hydrogen) atoms. The lowest BCUT2D eigenvalue weighted by Gasteiger charge is -2.16. The Bertz CT molecular complexity index is 528. The molecule has 1 amide bonds. The Morgan fingerprint density at radius 3 is 2.70 bits per heavy atom. The Balaban J connectivity index is 2.04. The number of methoxy groups -OCH3 is 1. The van der Waals surface area contributed by atoms with Crippen molar-refractivity contribution in [2.75, 3.05) is 20.2 Å². The predicted molar refractivity (Wildman–Crippen MR) is 71.1 cm³/mol. The molecule has 108 valence electrons. The van der Waals surface area contributed by atoms with Crippen LogP contribution in [0.2, 0.25) is 0 Å². The van der Waals surface area contributed by atoms with Crippen LogP contribution in [-0.2, 0) is 4.74 Å². The van der Waals surface area contributed by atoms with Gasteiger partial charge in [0.05, 0.1) is 19.2 Å². The zero-order valence-electron chi connectivity index (χ0n) is 11.5. The molecule has 1 aliphatic rings. The fraction of sp³-hybridized carbons (Fsp3) is 0.429. The van der Waals surface area contributed by atoms with Gasteiger partial charge in [0.1, 0.15) is 11.9 Å². The summed E-state index contributed by atoms with van der Waals surface area (Å²) < 4.78 is 10.5. The molecule has 1 saturated heterocycles. The summed E-state index contributed by atoms with van der Waals surface area (Å²) in [6.07, 6.45) is -0.396. The van der Waals surface area contributed by atoms with Gasteiger partial charge in [0.15, 0.2) is 0 Å². The van der Waals surface area contributed by atoms with Crippen molar-refractivity contribution in [2.45, 2.75) is 19.4 Å². The Morgan fingerprint density at radius 2 is 2.15 bits per heavy atom. The van der Waals surface area contributed by atoms with Crippen molar-refractivity contribution in [1.29, 1.82) is 0 Å². The molecule has 0 aromatic heterocycles. The SMILES string of the molecule is COC(=O)c1ccc(OC2CCN(C(=O)O)C2)c(C)c1. The van der Waals surface area contributed by atoms with E-state index in [1.807, 2.05) is 6.92 Å². The van der Waals surface area contributed by atoms with Gasteiger partial charge in [0.25, 0.3) is 0 Å². The number of carbonyl (C=O) groups is 2. The second kappa shape index (κ2) is 5.81. The second-order valence-corrected chi connectivity index (χ2v) is 4.73. The zero-order chi connectivity index (χ0) is 14.7. The Morgan fingerprint density at radius 1 is 1.40 bits per heavy atom. The number of aryl methyl sites for hydroxylation is 1. The van der Waals surface area contributed by atoms with Crippen LogP contribution in [0.15, 0.2) is 18.2 Å². The van der Waals surface area contributed by atoms with Gasteiger partial charge >= 0.3 is 12.1 Å². The summed E-state index contributed by atoms with van der Waals surface area (Å²) in [6, 6.07) is 5.05. The summed E-state index contributed by atoms with van der Waals surface area (Å²) in [5, 5.41) is 8.90. The van der Waals surface area contributed by atoms with Crippen molar-refractivity contribution >= 4 is 12.1 Å². The van der Waals surface area contributed by atoms with Crippen molar-refractivity contribution in [3.8, 4) is 5.75 Å². The van der Waals surface area contributed by atoms with Gasteiger partial charge in [-0.05, 0) is 30.7 Å². The first-order chi connectivity index (χ1) is 9.51. The number of hydrogen-bond donors (Lipinski definition) is 1. The van der Waals surface area contributed by atoms with Gasteiger partial charge in [0, 0.05) is 13.0 Å². The van der Waals surface area contributed by atoms with E-state index in [9.17, 15) is 9.59 Å². The minimum atomic E-state index is -0.922. The van der Waals surface area contributed by atoms with E-state index in [-0.39, 0.29) is 6.10 Å². The molecular weight excluding hydrogens is 262 g/mol. The number of rotatable bonds is 3. The summed E-state index contributed by atoms with van der Waals surface area (Å²) in [5.41, 5.74) is 1.29. The molecule has 1 atom stereocenters. The monoisotopic (exact) mass is 279 g/mol. The van der Waals surface area contributed by atoms with Crippen LogP contribution in [0, 0.1) is 6.92 Å². The summed E-state index contributed by atoms with van der Waals surface area (Å²) in [5.74, 6) is 0.271. The van der Waals surface area contributed by atoms with Gasteiger partial charge in [-0.2, -0.15) is 0 Å². The van der Waals surface area contributed by atoms with Crippen LogP contribution in [0.5, 0.6) is 5.75 Å². The summed E-state index contributed by atoms with van der Waals surface area (Å²) in [4.78, 5) is 23.6. The van der Waals surface area contributed by atoms with Gasteiger partial charge in [0.2, 0.25) is 0 Å². The molecule has 0 spiro atoms. The van der Waals surface area contributed by atoms with Crippen LogP contribution in [-0.4, -0.2) is 48.4 Å². The number of nitrogens with zero attached hydrogens (tertiary/aromatic N) is 1. The Labute approximate surface area is 116 Å². The normalized spacial score (nSPS) is 17.9. The van der Waals surface area contributed by atoms with Gasteiger partial charge in [-0.15, -0.1) is 0 Å². The molecule has 0 radical (unpaired) electrons. The van der Waals surface area contributed by atoms with E-state index in [0.29, 0.717) is 30.8 Å². The number of ether oxygens (including phenoxy) is 2. The lowest BCUT2D eigenvalue weighted by molar-refractivity contribution is 0.0600. The highest BCUT2D eigenvalue weighted by Gasteiger charge is 2.27. The van der Waals surface area contributed by atoms with Crippen LogP contribution in [0.25, 0.3) is 0 Å². The fourth-order valence-electron chi connectivity index (χ4n) is 2.20. The first-order valence-corrected chi connectivity index (χ1v) is 6.34. The third-order valence-corrected chi connectivity index (χ3v) is 3.31. The standard InChI is InChI=1S/C14H17NO5/c1-9-7-10(13(16)19-2)3-4-12(9)20-11-5-6-15(8-11)14(17)18/h3-4,7,11H,5-6,8H2,1-2H3,(H,17,18). The van der Waals surface area contributed by atoms with E-state index in [1.54, 1.807) is 18.2 Å². The molecule has 1 unspecified atom stereocenters. The number of amides is 1. The van der Waals surface area contributed by atoms with E-state index in [4.69, 9.17) is 9.84 Å². The van der Waals surface area contributed by atoms with E-state index in [0.717, 1.165) is 5.56 Å². The molecule has 1 aromatic rings. The van der Waals surface area contributed by atoms with Gasteiger partial charge < -0.3 is 19.5 Å².